The molecule has 0 spiro atoms. The van der Waals surface area contributed by atoms with Gasteiger partial charge in [-0.3, -0.25) is 4.79 Å². The molecule has 1 amide bonds. The summed E-state index contributed by atoms with van der Waals surface area (Å²) in [7, 11) is 1.56. The van der Waals surface area contributed by atoms with E-state index in [1.165, 1.54) is 12.1 Å². The molecule has 0 fully saturated rings. The van der Waals surface area contributed by atoms with Crippen molar-refractivity contribution in [2.24, 2.45) is 0 Å². The lowest BCUT2D eigenvalue weighted by Crippen LogP contribution is -2.27. The summed E-state index contributed by atoms with van der Waals surface area (Å²) in [5, 5.41) is 2.70. The van der Waals surface area contributed by atoms with Gasteiger partial charge in [-0.2, -0.15) is 0 Å². The number of anilines is 1. The van der Waals surface area contributed by atoms with Crippen LogP contribution in [0.15, 0.2) is 12.1 Å². The third-order valence-electron chi connectivity index (χ3n) is 3.01. The zero-order valence-corrected chi connectivity index (χ0v) is 12.3. The SMILES string of the molecule is COCCNC(=O)CCn1c(N)nc2cc(F)c(Cl)cc21. The van der Waals surface area contributed by atoms with E-state index in [1.807, 2.05) is 0 Å². The summed E-state index contributed by atoms with van der Waals surface area (Å²) >= 11 is 5.77. The number of nitrogens with zero attached hydrogens (tertiary/aromatic N) is 2. The van der Waals surface area contributed by atoms with Gasteiger partial charge in [-0.15, -0.1) is 0 Å². The first-order chi connectivity index (χ1) is 10.0. The fraction of sp³-hybridized carbons (Fsp3) is 0.385. The van der Waals surface area contributed by atoms with Crippen LogP contribution in [0.3, 0.4) is 0 Å². The van der Waals surface area contributed by atoms with Crippen LogP contribution in [0, 0.1) is 5.82 Å². The number of amides is 1. The van der Waals surface area contributed by atoms with Crippen molar-refractivity contribution in [3.05, 3.63) is 23.0 Å². The van der Waals surface area contributed by atoms with Gasteiger partial charge in [-0.25, -0.2) is 9.37 Å². The van der Waals surface area contributed by atoms with Crippen LogP contribution in [0.5, 0.6) is 0 Å². The van der Waals surface area contributed by atoms with Gasteiger partial charge in [0.05, 0.1) is 22.7 Å². The first-order valence-electron chi connectivity index (χ1n) is 6.39. The largest absolute Gasteiger partial charge is 0.383 e. The Morgan fingerprint density at radius 1 is 1.57 bits per heavy atom. The van der Waals surface area contributed by atoms with Gasteiger partial charge in [0.1, 0.15) is 5.82 Å². The predicted molar refractivity (Wildman–Crippen MR) is 78.6 cm³/mol. The van der Waals surface area contributed by atoms with Crippen molar-refractivity contribution in [3.8, 4) is 0 Å². The van der Waals surface area contributed by atoms with Crippen LogP contribution in [0.25, 0.3) is 11.0 Å². The van der Waals surface area contributed by atoms with Crippen LogP contribution < -0.4 is 11.1 Å². The molecule has 0 atom stereocenters. The van der Waals surface area contributed by atoms with E-state index in [0.717, 1.165) is 0 Å². The number of nitrogens with one attached hydrogen (secondary N) is 1. The highest BCUT2D eigenvalue weighted by atomic mass is 35.5. The molecule has 6 nitrogen and oxygen atoms in total. The molecule has 0 radical (unpaired) electrons. The minimum Gasteiger partial charge on any atom is -0.383 e. The van der Waals surface area contributed by atoms with Gasteiger partial charge in [-0.1, -0.05) is 11.6 Å². The van der Waals surface area contributed by atoms with Gasteiger partial charge in [0.15, 0.2) is 0 Å². The van der Waals surface area contributed by atoms with Gasteiger partial charge in [0.25, 0.3) is 0 Å². The van der Waals surface area contributed by atoms with Gasteiger partial charge in [-0.05, 0) is 6.07 Å². The Morgan fingerprint density at radius 2 is 2.33 bits per heavy atom. The number of ether oxygens (including phenoxy) is 1. The quantitative estimate of drug-likeness (QED) is 0.793. The molecule has 3 N–H and O–H groups in total. The first kappa shape index (κ1) is 15.5. The number of rotatable bonds is 6. The van der Waals surface area contributed by atoms with Crippen LogP contribution in [-0.4, -0.2) is 35.7 Å². The Bertz CT molecular complexity index is 659. The molecular formula is C13H16ClFN4O2. The molecule has 8 heteroatoms. The van der Waals surface area contributed by atoms with E-state index >= 15 is 0 Å². The van der Waals surface area contributed by atoms with Crippen molar-refractivity contribution in [1.29, 1.82) is 0 Å². The summed E-state index contributed by atoms with van der Waals surface area (Å²) in [4.78, 5) is 15.7. The second-order valence-corrected chi connectivity index (χ2v) is 4.88. The van der Waals surface area contributed by atoms with Gasteiger partial charge < -0.3 is 20.4 Å². The molecule has 1 aromatic carbocycles. The lowest BCUT2D eigenvalue weighted by molar-refractivity contribution is -0.121. The minimum atomic E-state index is -0.550. The van der Waals surface area contributed by atoms with E-state index in [-0.39, 0.29) is 23.3 Å². The Balaban J connectivity index is 2.10. The number of fused-ring (bicyclic) bond motifs is 1. The average molecular weight is 315 g/mol. The monoisotopic (exact) mass is 314 g/mol. The topological polar surface area (TPSA) is 82.2 Å². The molecule has 0 aliphatic carbocycles. The van der Waals surface area contributed by atoms with Gasteiger partial charge >= 0.3 is 0 Å². The third kappa shape index (κ3) is 3.62. The Hall–Kier alpha value is -1.86. The summed E-state index contributed by atoms with van der Waals surface area (Å²) in [5.74, 6) is -0.455. The molecule has 1 heterocycles. The Kier molecular flexibility index (Phi) is 4.98. The smallest absolute Gasteiger partial charge is 0.221 e. The summed E-state index contributed by atoms with van der Waals surface area (Å²) in [6.45, 7) is 1.24. The van der Waals surface area contributed by atoms with Crippen LogP contribution in [0.4, 0.5) is 10.3 Å². The fourth-order valence-corrected chi connectivity index (χ4v) is 2.13. The lowest BCUT2D eigenvalue weighted by atomic mass is 10.3. The molecule has 2 aromatic rings. The highest BCUT2D eigenvalue weighted by molar-refractivity contribution is 6.31. The molecule has 114 valence electrons. The molecule has 0 saturated carbocycles. The van der Waals surface area contributed by atoms with Crippen molar-refractivity contribution in [2.45, 2.75) is 13.0 Å². The number of aryl methyl sites for hydroxylation is 1. The molecule has 0 saturated heterocycles. The van der Waals surface area contributed by atoms with Crippen LogP contribution in [0.1, 0.15) is 6.42 Å². The maximum Gasteiger partial charge on any atom is 0.221 e. The normalized spacial score (nSPS) is 11.0. The summed E-state index contributed by atoms with van der Waals surface area (Å²) < 4.78 is 19.9. The number of hydrogen-bond acceptors (Lipinski definition) is 4. The maximum absolute atomic E-state index is 13.4. The van der Waals surface area contributed by atoms with E-state index in [9.17, 15) is 9.18 Å². The van der Waals surface area contributed by atoms with E-state index < -0.39 is 5.82 Å². The number of hydrogen-bond donors (Lipinski definition) is 2. The van der Waals surface area contributed by atoms with Crippen LogP contribution in [0.2, 0.25) is 5.02 Å². The molecule has 0 bridgehead atoms. The second-order valence-electron chi connectivity index (χ2n) is 4.47. The highest BCUT2D eigenvalue weighted by Crippen LogP contribution is 2.24. The number of nitrogens with two attached hydrogens (primary N) is 1. The minimum absolute atomic E-state index is 0.00630. The Morgan fingerprint density at radius 3 is 3.05 bits per heavy atom. The van der Waals surface area contributed by atoms with E-state index in [0.29, 0.717) is 30.7 Å². The van der Waals surface area contributed by atoms with E-state index in [4.69, 9.17) is 22.1 Å². The standard InChI is InChI=1S/C13H16ClFN4O2/c1-21-5-3-17-12(20)2-4-19-11-6-8(14)9(15)7-10(11)18-13(19)16/h6-7H,2-5H2,1H3,(H2,16,18)(H,17,20). The molecule has 0 aliphatic rings. The molecule has 0 aliphatic heterocycles. The van der Waals surface area contributed by atoms with Crippen LogP contribution >= 0.6 is 11.6 Å². The highest BCUT2D eigenvalue weighted by Gasteiger charge is 2.12. The summed E-state index contributed by atoms with van der Waals surface area (Å²) in [6.07, 6.45) is 0.231. The Labute approximate surface area is 126 Å². The zero-order chi connectivity index (χ0) is 15.4. The number of carbonyl (C=O) groups excluding carboxylic acids is 1. The molecule has 1 aromatic heterocycles. The zero-order valence-electron chi connectivity index (χ0n) is 11.5. The number of nitrogen functional groups attached to an aromatic ring is 1. The lowest BCUT2D eigenvalue weighted by Gasteiger charge is -2.07. The first-order valence-corrected chi connectivity index (χ1v) is 6.77. The van der Waals surface area contributed by atoms with Crippen molar-refractivity contribution < 1.29 is 13.9 Å². The fourth-order valence-electron chi connectivity index (χ4n) is 1.97. The van der Waals surface area contributed by atoms with Crippen molar-refractivity contribution in [1.82, 2.24) is 14.9 Å². The second kappa shape index (κ2) is 6.73. The summed E-state index contributed by atoms with van der Waals surface area (Å²) in [5.41, 5.74) is 6.81. The van der Waals surface area contributed by atoms with Gasteiger partial charge in [0.2, 0.25) is 11.9 Å². The number of halogens is 2. The molecule has 0 unspecified atom stereocenters. The van der Waals surface area contributed by atoms with E-state index in [1.54, 1.807) is 11.7 Å². The van der Waals surface area contributed by atoms with Crippen molar-refractivity contribution in [2.75, 3.05) is 26.0 Å². The average Bonchev–Trinajstić information content (AvgIpc) is 2.72. The van der Waals surface area contributed by atoms with Crippen molar-refractivity contribution in [3.63, 3.8) is 0 Å². The number of methoxy groups -OCH3 is 1. The molecule has 2 rings (SSSR count). The van der Waals surface area contributed by atoms with Crippen molar-refractivity contribution >= 4 is 34.5 Å². The van der Waals surface area contributed by atoms with E-state index in [2.05, 4.69) is 10.3 Å². The van der Waals surface area contributed by atoms with Gasteiger partial charge in [0, 0.05) is 32.7 Å². The number of benzene rings is 1. The number of carbonyl (C=O) groups is 1. The predicted octanol–water partition coefficient (Wildman–Crippen LogP) is 1.56. The number of aromatic nitrogens is 2. The molecular weight excluding hydrogens is 299 g/mol. The van der Waals surface area contributed by atoms with Crippen LogP contribution in [-0.2, 0) is 16.1 Å². The number of imidazole rings is 1. The summed E-state index contributed by atoms with van der Waals surface area (Å²) in [6, 6.07) is 2.68. The molecule has 21 heavy (non-hydrogen) atoms. The maximum atomic E-state index is 13.4. The third-order valence-corrected chi connectivity index (χ3v) is 3.30.